The van der Waals surface area contributed by atoms with Crippen molar-refractivity contribution in [2.24, 2.45) is 11.7 Å². The maximum Gasteiger partial charge on any atom is 0.224 e. The Morgan fingerprint density at radius 3 is 3.00 bits per heavy atom. The van der Waals surface area contributed by atoms with Crippen LogP contribution in [0.1, 0.15) is 24.9 Å². The Morgan fingerprint density at radius 1 is 1.56 bits per heavy atom. The molecule has 0 radical (unpaired) electrons. The third-order valence-corrected chi connectivity index (χ3v) is 4.20. The largest absolute Gasteiger partial charge is 0.349 e. The highest BCUT2D eigenvalue weighted by Gasteiger charge is 2.23. The molecule has 2 unspecified atom stereocenters. The normalized spacial score (nSPS) is 19.3. The Bertz CT molecular complexity index is 414. The van der Waals surface area contributed by atoms with Crippen molar-refractivity contribution in [1.29, 1.82) is 0 Å². The van der Waals surface area contributed by atoms with Crippen LogP contribution < -0.4 is 11.1 Å². The van der Waals surface area contributed by atoms with Crippen molar-refractivity contribution in [1.82, 2.24) is 5.32 Å². The van der Waals surface area contributed by atoms with Gasteiger partial charge in [0, 0.05) is 23.1 Å². The van der Waals surface area contributed by atoms with Crippen LogP contribution in [0.3, 0.4) is 0 Å². The lowest BCUT2D eigenvalue weighted by Gasteiger charge is -2.26. The van der Waals surface area contributed by atoms with E-state index in [2.05, 4.69) is 17.4 Å². The lowest BCUT2D eigenvalue weighted by atomic mass is 10.0. The fraction of sp³-hybridized carbons (Fsp3) is 0.462. The Kier molecular flexibility index (Phi) is 5.99. The topological polar surface area (TPSA) is 55.1 Å². The second-order valence-electron chi connectivity index (χ2n) is 4.37. The summed E-state index contributed by atoms with van der Waals surface area (Å²) in [7, 11) is 0. The number of hydrogen-bond acceptors (Lipinski definition) is 3. The molecule has 2 rings (SSSR count). The molecule has 18 heavy (non-hydrogen) atoms. The number of benzene rings is 1. The van der Waals surface area contributed by atoms with Gasteiger partial charge in [-0.1, -0.05) is 25.1 Å². The van der Waals surface area contributed by atoms with Gasteiger partial charge in [-0.15, -0.1) is 24.2 Å². The average molecular weight is 287 g/mol. The van der Waals surface area contributed by atoms with Gasteiger partial charge in [-0.25, -0.2) is 0 Å². The van der Waals surface area contributed by atoms with Crippen LogP contribution in [-0.2, 0) is 4.79 Å². The molecule has 3 nitrogen and oxygen atoms in total. The van der Waals surface area contributed by atoms with Gasteiger partial charge in [0.2, 0.25) is 5.91 Å². The molecule has 1 aliphatic heterocycles. The van der Waals surface area contributed by atoms with Gasteiger partial charge < -0.3 is 11.1 Å². The molecule has 0 saturated heterocycles. The minimum atomic E-state index is -0.114. The van der Waals surface area contributed by atoms with E-state index in [1.165, 1.54) is 10.5 Å². The van der Waals surface area contributed by atoms with Gasteiger partial charge in [-0.3, -0.25) is 4.79 Å². The minimum Gasteiger partial charge on any atom is -0.349 e. The monoisotopic (exact) mass is 286 g/mol. The van der Waals surface area contributed by atoms with Crippen LogP contribution in [0.25, 0.3) is 0 Å². The highest BCUT2D eigenvalue weighted by atomic mass is 35.5. The quantitative estimate of drug-likeness (QED) is 0.897. The molecule has 2 atom stereocenters. The third kappa shape index (κ3) is 3.40. The van der Waals surface area contributed by atoms with Crippen molar-refractivity contribution in [3.8, 4) is 0 Å². The van der Waals surface area contributed by atoms with E-state index in [9.17, 15) is 4.79 Å². The zero-order valence-electron chi connectivity index (χ0n) is 10.4. The first kappa shape index (κ1) is 15.3. The van der Waals surface area contributed by atoms with E-state index in [0.717, 1.165) is 12.2 Å². The number of thioether (sulfide) groups is 1. The summed E-state index contributed by atoms with van der Waals surface area (Å²) >= 11 is 1.86. The van der Waals surface area contributed by atoms with Crippen molar-refractivity contribution in [3.63, 3.8) is 0 Å². The Balaban J connectivity index is 0.00000162. The number of amides is 1. The molecule has 0 spiro atoms. The van der Waals surface area contributed by atoms with Gasteiger partial charge in [-0.2, -0.15) is 0 Å². The Morgan fingerprint density at radius 2 is 2.28 bits per heavy atom. The van der Waals surface area contributed by atoms with Gasteiger partial charge in [0.25, 0.3) is 0 Å². The standard InChI is InChI=1S/C13H18N2OS.ClH/c1-9(8-14)13(16)15-11-6-7-17-12-5-3-2-4-10(11)12;/h2-5,9,11H,6-8,14H2,1H3,(H,15,16);1H. The molecule has 5 heteroatoms. The van der Waals surface area contributed by atoms with Crippen LogP contribution in [0.5, 0.6) is 0 Å². The smallest absolute Gasteiger partial charge is 0.224 e. The number of rotatable bonds is 3. The first-order valence-corrected chi connectivity index (χ1v) is 6.93. The molecule has 1 aromatic carbocycles. The van der Waals surface area contributed by atoms with Crippen molar-refractivity contribution in [2.75, 3.05) is 12.3 Å². The van der Waals surface area contributed by atoms with E-state index in [0.29, 0.717) is 6.54 Å². The summed E-state index contributed by atoms with van der Waals surface area (Å²) in [6, 6.07) is 8.42. The van der Waals surface area contributed by atoms with E-state index in [-0.39, 0.29) is 30.3 Å². The van der Waals surface area contributed by atoms with Crippen molar-refractivity contribution < 1.29 is 4.79 Å². The van der Waals surface area contributed by atoms with Crippen LogP contribution in [0.4, 0.5) is 0 Å². The summed E-state index contributed by atoms with van der Waals surface area (Å²) in [6.45, 7) is 2.26. The van der Waals surface area contributed by atoms with Crippen LogP contribution in [0.2, 0.25) is 0 Å². The predicted octanol–water partition coefficient (Wildman–Crippen LogP) is 2.36. The van der Waals surface area contributed by atoms with Gasteiger partial charge in [0.15, 0.2) is 0 Å². The van der Waals surface area contributed by atoms with Crippen LogP contribution >= 0.6 is 24.2 Å². The molecule has 0 fully saturated rings. The molecule has 0 aromatic heterocycles. The molecule has 3 N–H and O–H groups in total. The first-order valence-electron chi connectivity index (χ1n) is 5.94. The predicted molar refractivity (Wildman–Crippen MR) is 78.1 cm³/mol. The van der Waals surface area contributed by atoms with E-state index in [1.54, 1.807) is 0 Å². The lowest BCUT2D eigenvalue weighted by Crippen LogP contribution is -2.37. The molecular formula is C13H19ClN2OS. The second-order valence-corrected chi connectivity index (χ2v) is 5.51. The summed E-state index contributed by atoms with van der Waals surface area (Å²) in [4.78, 5) is 13.1. The zero-order valence-corrected chi connectivity index (χ0v) is 12.0. The molecule has 1 aliphatic rings. The number of nitrogens with one attached hydrogen (secondary N) is 1. The molecular weight excluding hydrogens is 268 g/mol. The fourth-order valence-electron chi connectivity index (χ4n) is 1.91. The van der Waals surface area contributed by atoms with E-state index in [4.69, 9.17) is 5.73 Å². The van der Waals surface area contributed by atoms with Gasteiger partial charge >= 0.3 is 0 Å². The van der Waals surface area contributed by atoms with E-state index in [1.807, 2.05) is 30.8 Å². The van der Waals surface area contributed by atoms with Gasteiger partial charge in [0.1, 0.15) is 0 Å². The molecule has 0 saturated carbocycles. The SMILES string of the molecule is CC(CN)C(=O)NC1CCSc2ccccc21.Cl. The van der Waals surface area contributed by atoms with Gasteiger partial charge in [-0.05, 0) is 18.1 Å². The molecule has 1 aromatic rings. The summed E-state index contributed by atoms with van der Waals surface area (Å²) in [5, 5.41) is 3.09. The zero-order chi connectivity index (χ0) is 12.3. The minimum absolute atomic E-state index is 0. The van der Waals surface area contributed by atoms with Crippen molar-refractivity contribution in [2.45, 2.75) is 24.3 Å². The fourth-order valence-corrected chi connectivity index (χ4v) is 3.04. The number of hydrogen-bond donors (Lipinski definition) is 2. The summed E-state index contributed by atoms with van der Waals surface area (Å²) in [6.07, 6.45) is 0.991. The maximum atomic E-state index is 11.9. The molecule has 100 valence electrons. The van der Waals surface area contributed by atoms with Crippen LogP contribution in [0.15, 0.2) is 29.2 Å². The summed E-state index contributed by atoms with van der Waals surface area (Å²) in [5.41, 5.74) is 6.75. The highest BCUT2D eigenvalue weighted by Crippen LogP contribution is 2.35. The molecule has 0 aliphatic carbocycles. The van der Waals surface area contributed by atoms with Gasteiger partial charge in [0.05, 0.1) is 6.04 Å². The first-order chi connectivity index (χ1) is 8.22. The number of carbonyl (C=O) groups excluding carboxylic acids is 1. The number of halogens is 1. The molecule has 0 bridgehead atoms. The van der Waals surface area contributed by atoms with Crippen molar-refractivity contribution >= 4 is 30.1 Å². The maximum absolute atomic E-state index is 11.9. The van der Waals surface area contributed by atoms with E-state index < -0.39 is 0 Å². The number of nitrogens with two attached hydrogens (primary N) is 1. The highest BCUT2D eigenvalue weighted by molar-refractivity contribution is 7.99. The summed E-state index contributed by atoms with van der Waals surface area (Å²) < 4.78 is 0. The molecule has 1 heterocycles. The van der Waals surface area contributed by atoms with E-state index >= 15 is 0 Å². The number of fused-ring (bicyclic) bond motifs is 1. The second kappa shape index (κ2) is 7.02. The average Bonchev–Trinajstić information content (AvgIpc) is 2.38. The number of carbonyl (C=O) groups is 1. The Labute approximate surface area is 118 Å². The summed E-state index contributed by atoms with van der Waals surface area (Å²) in [5.74, 6) is 0.995. The van der Waals surface area contributed by atoms with Crippen LogP contribution in [-0.4, -0.2) is 18.2 Å². The van der Waals surface area contributed by atoms with Crippen molar-refractivity contribution in [3.05, 3.63) is 29.8 Å². The Hall–Kier alpha value is -0.710. The van der Waals surface area contributed by atoms with Crippen LogP contribution in [0, 0.1) is 5.92 Å². The lowest BCUT2D eigenvalue weighted by molar-refractivity contribution is -0.125. The molecule has 1 amide bonds. The third-order valence-electron chi connectivity index (χ3n) is 3.08.